The smallest absolute Gasteiger partial charge is 0.294 e. The second kappa shape index (κ2) is 11.8. The Morgan fingerprint density at radius 3 is 2.03 bits per heavy atom. The molecule has 0 fully saturated rings. The molecule has 4 aromatic rings. The first-order valence-corrected chi connectivity index (χ1v) is 14.7. The largest absolute Gasteiger partial charge is 0.342 e. The number of H-pyrrole nitrogens is 2. The lowest BCUT2D eigenvalue weighted by Gasteiger charge is -2.01. The van der Waals surface area contributed by atoms with E-state index in [0.717, 1.165) is 75.5 Å². The number of thioether (sulfide) groups is 2. The van der Waals surface area contributed by atoms with Gasteiger partial charge in [-0.1, -0.05) is 5.04 Å². The number of nitrogens with one attached hydrogen (secondary N) is 2. The second-order valence-electron chi connectivity index (χ2n) is 7.15. The average Bonchev–Trinajstić information content (AvgIpc) is 3.41. The van der Waals surface area contributed by atoms with Crippen molar-refractivity contribution in [3.63, 3.8) is 0 Å². The van der Waals surface area contributed by atoms with Gasteiger partial charge in [0.15, 0.2) is 0 Å². The molecule has 0 aliphatic carbocycles. The highest BCUT2D eigenvalue weighted by molar-refractivity contribution is 8.02. The number of fused-ring (bicyclic) bond motifs is 2. The zero-order valence-corrected chi connectivity index (χ0v) is 21.0. The third-order valence-corrected chi connectivity index (χ3v) is 8.46. The lowest BCUT2D eigenvalue weighted by molar-refractivity contribution is -0.432. The molecule has 0 amide bonds. The van der Waals surface area contributed by atoms with E-state index in [2.05, 4.69) is 29.3 Å². The van der Waals surface area contributed by atoms with Crippen LogP contribution in [0.2, 0.25) is 0 Å². The maximum Gasteiger partial charge on any atom is 0.294 e. The Balaban J connectivity index is 1.14. The minimum atomic E-state index is -4.22. The number of nitrogens with zero attached hydrogens (tertiary/aromatic N) is 2. The highest BCUT2D eigenvalue weighted by Gasteiger charge is 2.12. The molecule has 0 spiro atoms. The molecule has 0 radical (unpaired) electrons. The van der Waals surface area contributed by atoms with E-state index in [1.807, 2.05) is 41.7 Å². The fourth-order valence-electron chi connectivity index (χ4n) is 3.25. The molecular formula is C20H22N4O6S4. The predicted molar refractivity (Wildman–Crippen MR) is 135 cm³/mol. The summed E-state index contributed by atoms with van der Waals surface area (Å²) in [5, 5.41) is 11.9. The van der Waals surface area contributed by atoms with Crippen LogP contribution in [0.4, 0.5) is 0 Å². The average molecular weight is 543 g/mol. The van der Waals surface area contributed by atoms with E-state index in [1.54, 1.807) is 6.07 Å². The first kappa shape index (κ1) is 25.3. The second-order valence-corrected chi connectivity index (χ2v) is 11.8. The summed E-state index contributed by atoms with van der Waals surface area (Å²) in [6.45, 7) is 0. The van der Waals surface area contributed by atoms with Crippen LogP contribution >= 0.6 is 35.6 Å². The zero-order valence-electron chi connectivity index (χ0n) is 17.8. The van der Waals surface area contributed by atoms with Crippen LogP contribution in [0.3, 0.4) is 0 Å². The first-order chi connectivity index (χ1) is 16.4. The molecular weight excluding hydrogens is 521 g/mol. The van der Waals surface area contributed by atoms with Gasteiger partial charge in [0, 0.05) is 40.7 Å². The van der Waals surface area contributed by atoms with Crippen LogP contribution in [0.15, 0.2) is 46.2 Å². The summed E-state index contributed by atoms with van der Waals surface area (Å²) < 4.78 is 36.1. The first-order valence-electron chi connectivity index (χ1n) is 10.2. The van der Waals surface area contributed by atoms with Crippen LogP contribution in [0.25, 0.3) is 22.1 Å². The summed E-state index contributed by atoms with van der Waals surface area (Å²) >= 11 is 4.63. The molecule has 14 heteroatoms. The maximum atomic E-state index is 11.3. The predicted octanol–water partition coefficient (Wildman–Crippen LogP) is 4.37. The van der Waals surface area contributed by atoms with Gasteiger partial charge in [0.25, 0.3) is 10.1 Å². The molecule has 2 aromatic carbocycles. The van der Waals surface area contributed by atoms with Crippen LogP contribution in [0, 0.1) is 0 Å². The Bertz CT molecular complexity index is 1360. The molecule has 0 atom stereocenters. The quantitative estimate of drug-likeness (QED) is 0.0627. The van der Waals surface area contributed by atoms with Gasteiger partial charge in [-0.2, -0.15) is 31.9 Å². The van der Waals surface area contributed by atoms with Crippen molar-refractivity contribution in [2.24, 2.45) is 0 Å². The standard InChI is InChI=1S/C20H22N4O6S4/c25-29-30-33-13-1-3-15-17(11-13)23-19(21-15)5-7-31-9-10-32-8-6-20-22-16-4-2-14(34(26,27)28)12-18(16)24-20/h1-4,11-12,25H,5-10H2,(H,21,23)(H,22,24)(H,26,27,28). The normalized spacial score (nSPS) is 12.2. The van der Waals surface area contributed by atoms with Crippen molar-refractivity contribution in [3.8, 4) is 0 Å². The molecule has 182 valence electrons. The third-order valence-electron chi connectivity index (χ3n) is 4.80. The van der Waals surface area contributed by atoms with Gasteiger partial charge < -0.3 is 9.97 Å². The molecule has 0 unspecified atom stereocenters. The minimum Gasteiger partial charge on any atom is -0.342 e. The number of aromatic nitrogens is 4. The molecule has 0 aliphatic heterocycles. The lowest BCUT2D eigenvalue weighted by Crippen LogP contribution is -1.97. The van der Waals surface area contributed by atoms with Gasteiger partial charge in [-0.3, -0.25) is 4.55 Å². The summed E-state index contributed by atoms with van der Waals surface area (Å²) in [6, 6.07) is 9.94. The van der Waals surface area contributed by atoms with Crippen LogP contribution in [-0.2, 0) is 32.3 Å². The summed E-state index contributed by atoms with van der Waals surface area (Å²) in [4.78, 5) is 16.1. The molecule has 0 saturated heterocycles. The molecule has 4 N–H and O–H groups in total. The number of aryl methyl sites for hydroxylation is 2. The summed E-state index contributed by atoms with van der Waals surface area (Å²) in [5.74, 6) is 5.64. The van der Waals surface area contributed by atoms with Gasteiger partial charge in [-0.25, -0.2) is 15.2 Å². The molecule has 34 heavy (non-hydrogen) atoms. The van der Waals surface area contributed by atoms with Gasteiger partial charge in [0.05, 0.1) is 39.0 Å². The number of hydrogen-bond acceptors (Lipinski definition) is 10. The summed E-state index contributed by atoms with van der Waals surface area (Å²) in [6.07, 6.45) is 1.59. The van der Waals surface area contributed by atoms with E-state index in [1.165, 1.54) is 12.1 Å². The molecule has 2 aromatic heterocycles. The molecule has 0 saturated carbocycles. The van der Waals surface area contributed by atoms with Crippen molar-refractivity contribution >= 4 is 67.8 Å². The molecule has 10 nitrogen and oxygen atoms in total. The van der Waals surface area contributed by atoms with E-state index < -0.39 is 10.1 Å². The highest BCUT2D eigenvalue weighted by Crippen LogP contribution is 2.24. The van der Waals surface area contributed by atoms with E-state index in [4.69, 9.17) is 9.81 Å². The fourth-order valence-corrected chi connectivity index (χ4v) is 6.18. The van der Waals surface area contributed by atoms with Crippen molar-refractivity contribution in [1.29, 1.82) is 0 Å². The summed E-state index contributed by atoms with van der Waals surface area (Å²) in [7, 11) is -4.22. The topological polar surface area (TPSA) is 150 Å². The van der Waals surface area contributed by atoms with Crippen LogP contribution in [-0.4, -0.2) is 61.2 Å². The van der Waals surface area contributed by atoms with E-state index in [9.17, 15) is 8.42 Å². The molecule has 4 rings (SSSR count). The monoisotopic (exact) mass is 542 g/mol. The third kappa shape index (κ3) is 6.88. The van der Waals surface area contributed by atoms with E-state index >= 15 is 0 Å². The van der Waals surface area contributed by atoms with Gasteiger partial charge in [0.1, 0.15) is 11.6 Å². The lowest BCUT2D eigenvalue weighted by atomic mass is 10.3. The molecule has 0 bridgehead atoms. The fraction of sp³-hybridized carbons (Fsp3) is 0.300. The van der Waals surface area contributed by atoms with Crippen molar-refractivity contribution in [2.75, 3.05) is 23.0 Å². The van der Waals surface area contributed by atoms with Crippen molar-refractivity contribution < 1.29 is 27.6 Å². The van der Waals surface area contributed by atoms with Crippen LogP contribution in [0.5, 0.6) is 0 Å². The molecule has 0 aliphatic rings. The number of imidazole rings is 2. The minimum absolute atomic E-state index is 0.143. The van der Waals surface area contributed by atoms with Gasteiger partial charge >= 0.3 is 0 Å². The summed E-state index contributed by atoms with van der Waals surface area (Å²) in [5.41, 5.74) is 3.06. The van der Waals surface area contributed by atoms with Crippen molar-refractivity contribution in [3.05, 3.63) is 48.0 Å². The SMILES string of the molecule is O=S(=O)(O)c1ccc2nc(CCSCCSCCc3nc4ccc(SOOO)cc4[nH]3)[nH]c2c1. The maximum absolute atomic E-state index is 11.3. The van der Waals surface area contributed by atoms with Crippen molar-refractivity contribution in [2.45, 2.75) is 22.6 Å². The molecule has 2 heterocycles. The Hall–Kier alpha value is -1.78. The number of benzene rings is 2. The van der Waals surface area contributed by atoms with Crippen molar-refractivity contribution in [1.82, 2.24) is 19.9 Å². The van der Waals surface area contributed by atoms with Gasteiger partial charge in [0.2, 0.25) is 0 Å². The van der Waals surface area contributed by atoms with Crippen LogP contribution < -0.4 is 0 Å². The van der Waals surface area contributed by atoms with Gasteiger partial charge in [-0.05, 0) is 36.4 Å². The highest BCUT2D eigenvalue weighted by atomic mass is 32.2. The number of rotatable bonds is 13. The van der Waals surface area contributed by atoms with Crippen LogP contribution in [0.1, 0.15) is 11.6 Å². The Morgan fingerprint density at radius 1 is 0.853 bits per heavy atom. The number of aromatic amines is 2. The van der Waals surface area contributed by atoms with E-state index in [-0.39, 0.29) is 4.90 Å². The van der Waals surface area contributed by atoms with E-state index in [0.29, 0.717) is 11.0 Å². The Kier molecular flexibility index (Phi) is 8.76. The number of hydrogen-bond donors (Lipinski definition) is 4. The Labute approximate surface area is 208 Å². The van der Waals surface area contributed by atoms with Gasteiger partial charge in [-0.15, -0.1) is 4.33 Å². The Morgan fingerprint density at radius 2 is 1.44 bits per heavy atom. The zero-order chi connectivity index (χ0) is 24.0.